The van der Waals surface area contributed by atoms with E-state index in [1.807, 2.05) is 0 Å². The number of rotatable bonds is 9. The molecule has 0 aliphatic rings. The van der Waals surface area contributed by atoms with Crippen molar-refractivity contribution in [1.29, 1.82) is 0 Å². The van der Waals surface area contributed by atoms with Gasteiger partial charge in [0.25, 0.3) is 0 Å². The van der Waals surface area contributed by atoms with Crippen LogP contribution in [0, 0.1) is 0 Å². The molecule has 0 atom stereocenters. The Labute approximate surface area is 113 Å². The zero-order valence-electron chi connectivity index (χ0n) is 12.4. The Hall–Kier alpha value is -0.980. The first-order valence-electron chi connectivity index (χ1n) is 7.58. The smallest absolute Gasteiger partial charge is 0.0363 e. The lowest BCUT2D eigenvalue weighted by molar-refractivity contribution is 0.661. The SMILES string of the molecule is CCCCCCN(C)c1ccc(CCCC)cc1. The van der Waals surface area contributed by atoms with E-state index in [4.69, 9.17) is 0 Å². The Morgan fingerprint density at radius 3 is 2.11 bits per heavy atom. The zero-order valence-corrected chi connectivity index (χ0v) is 12.4. The molecule has 1 aromatic rings. The first-order valence-corrected chi connectivity index (χ1v) is 7.58. The van der Waals surface area contributed by atoms with E-state index < -0.39 is 0 Å². The Bertz CT molecular complexity index is 302. The molecule has 102 valence electrons. The van der Waals surface area contributed by atoms with E-state index in [0.29, 0.717) is 0 Å². The van der Waals surface area contributed by atoms with Gasteiger partial charge in [0.1, 0.15) is 0 Å². The van der Waals surface area contributed by atoms with Crippen molar-refractivity contribution in [2.45, 2.75) is 58.8 Å². The summed E-state index contributed by atoms with van der Waals surface area (Å²) in [6.07, 6.45) is 9.14. The largest absolute Gasteiger partial charge is 0.375 e. The molecule has 0 saturated carbocycles. The number of hydrogen-bond acceptors (Lipinski definition) is 1. The Balaban J connectivity index is 2.36. The van der Waals surface area contributed by atoms with Crippen molar-refractivity contribution >= 4 is 5.69 Å². The fraction of sp³-hybridized carbons (Fsp3) is 0.647. The molecule has 0 radical (unpaired) electrons. The predicted octanol–water partition coefficient (Wildman–Crippen LogP) is 5.05. The minimum absolute atomic E-state index is 1.17. The van der Waals surface area contributed by atoms with Crippen LogP contribution in [-0.4, -0.2) is 13.6 Å². The molecule has 0 saturated heterocycles. The van der Waals surface area contributed by atoms with Gasteiger partial charge in [0.15, 0.2) is 0 Å². The van der Waals surface area contributed by atoms with Crippen LogP contribution in [0.2, 0.25) is 0 Å². The second-order valence-electron chi connectivity index (χ2n) is 5.25. The van der Waals surface area contributed by atoms with E-state index in [0.717, 1.165) is 0 Å². The Morgan fingerprint density at radius 1 is 0.833 bits per heavy atom. The molecule has 0 N–H and O–H groups in total. The summed E-state index contributed by atoms with van der Waals surface area (Å²) in [6, 6.07) is 9.11. The number of benzene rings is 1. The standard InChI is InChI=1S/C17H29N/c1-4-6-8-9-15-18(3)17-13-11-16(12-14-17)10-7-5-2/h11-14H,4-10,15H2,1-3H3. The molecule has 0 spiro atoms. The van der Waals surface area contributed by atoms with Gasteiger partial charge in [-0.05, 0) is 37.0 Å². The van der Waals surface area contributed by atoms with E-state index in [9.17, 15) is 0 Å². The molecular weight excluding hydrogens is 218 g/mol. The molecule has 0 aliphatic carbocycles. The van der Waals surface area contributed by atoms with E-state index in [2.05, 4.69) is 50.1 Å². The maximum Gasteiger partial charge on any atom is 0.0363 e. The number of nitrogens with zero attached hydrogens (tertiary/aromatic N) is 1. The molecular formula is C17H29N. The number of unbranched alkanes of at least 4 members (excludes halogenated alkanes) is 4. The fourth-order valence-electron chi connectivity index (χ4n) is 2.20. The fourth-order valence-corrected chi connectivity index (χ4v) is 2.20. The van der Waals surface area contributed by atoms with E-state index in [1.54, 1.807) is 0 Å². The van der Waals surface area contributed by atoms with Crippen molar-refractivity contribution in [2.24, 2.45) is 0 Å². The van der Waals surface area contributed by atoms with E-state index >= 15 is 0 Å². The second-order valence-corrected chi connectivity index (χ2v) is 5.25. The third-order valence-electron chi connectivity index (χ3n) is 3.54. The highest BCUT2D eigenvalue weighted by Gasteiger charge is 2.00. The number of aryl methyl sites for hydroxylation is 1. The van der Waals surface area contributed by atoms with Gasteiger partial charge >= 0.3 is 0 Å². The molecule has 0 aromatic heterocycles. The molecule has 18 heavy (non-hydrogen) atoms. The average molecular weight is 247 g/mol. The minimum Gasteiger partial charge on any atom is -0.375 e. The van der Waals surface area contributed by atoms with Crippen molar-refractivity contribution in [3.8, 4) is 0 Å². The summed E-state index contributed by atoms with van der Waals surface area (Å²) in [5.74, 6) is 0. The monoisotopic (exact) mass is 247 g/mol. The van der Waals surface area contributed by atoms with Crippen LogP contribution in [0.4, 0.5) is 5.69 Å². The molecule has 0 amide bonds. The van der Waals surface area contributed by atoms with Crippen molar-refractivity contribution in [2.75, 3.05) is 18.5 Å². The third-order valence-corrected chi connectivity index (χ3v) is 3.54. The van der Waals surface area contributed by atoms with Crippen molar-refractivity contribution in [1.82, 2.24) is 0 Å². The minimum atomic E-state index is 1.17. The molecule has 0 aliphatic heterocycles. The maximum absolute atomic E-state index is 2.37. The zero-order chi connectivity index (χ0) is 13.2. The summed E-state index contributed by atoms with van der Waals surface area (Å²) in [5, 5.41) is 0. The molecule has 1 rings (SSSR count). The first-order chi connectivity index (χ1) is 8.77. The van der Waals surface area contributed by atoms with Gasteiger partial charge < -0.3 is 4.90 Å². The lowest BCUT2D eigenvalue weighted by Crippen LogP contribution is -2.18. The summed E-state index contributed by atoms with van der Waals surface area (Å²) in [5.41, 5.74) is 2.83. The summed E-state index contributed by atoms with van der Waals surface area (Å²) in [4.78, 5) is 2.37. The molecule has 0 unspecified atom stereocenters. The highest BCUT2D eigenvalue weighted by atomic mass is 15.1. The lowest BCUT2D eigenvalue weighted by Gasteiger charge is -2.19. The van der Waals surface area contributed by atoms with Crippen LogP contribution >= 0.6 is 0 Å². The molecule has 0 heterocycles. The van der Waals surface area contributed by atoms with Crippen LogP contribution in [0.25, 0.3) is 0 Å². The topological polar surface area (TPSA) is 3.24 Å². The lowest BCUT2D eigenvalue weighted by atomic mass is 10.1. The predicted molar refractivity (Wildman–Crippen MR) is 82.5 cm³/mol. The van der Waals surface area contributed by atoms with Gasteiger partial charge in [0.2, 0.25) is 0 Å². The molecule has 0 fully saturated rings. The molecule has 1 nitrogen and oxygen atoms in total. The summed E-state index contributed by atoms with van der Waals surface area (Å²) >= 11 is 0. The summed E-state index contributed by atoms with van der Waals surface area (Å²) in [6.45, 7) is 5.69. The van der Waals surface area contributed by atoms with Crippen LogP contribution in [0.3, 0.4) is 0 Å². The highest BCUT2D eigenvalue weighted by Crippen LogP contribution is 2.16. The van der Waals surface area contributed by atoms with Crippen LogP contribution in [0.1, 0.15) is 57.9 Å². The van der Waals surface area contributed by atoms with Gasteiger partial charge in [-0.25, -0.2) is 0 Å². The van der Waals surface area contributed by atoms with E-state index in [1.165, 1.54) is 62.7 Å². The Morgan fingerprint density at radius 2 is 1.50 bits per heavy atom. The van der Waals surface area contributed by atoms with Gasteiger partial charge in [-0.3, -0.25) is 0 Å². The van der Waals surface area contributed by atoms with Crippen molar-refractivity contribution < 1.29 is 0 Å². The first kappa shape index (κ1) is 15.1. The van der Waals surface area contributed by atoms with Gasteiger partial charge in [-0.1, -0.05) is 51.7 Å². The molecule has 0 bridgehead atoms. The van der Waals surface area contributed by atoms with Crippen LogP contribution in [-0.2, 0) is 6.42 Å². The third kappa shape index (κ3) is 5.57. The maximum atomic E-state index is 2.37. The van der Waals surface area contributed by atoms with Gasteiger partial charge in [-0.2, -0.15) is 0 Å². The van der Waals surface area contributed by atoms with Gasteiger partial charge in [0, 0.05) is 19.3 Å². The number of hydrogen-bond donors (Lipinski definition) is 0. The van der Waals surface area contributed by atoms with Crippen LogP contribution in [0.15, 0.2) is 24.3 Å². The number of anilines is 1. The van der Waals surface area contributed by atoms with Gasteiger partial charge in [0.05, 0.1) is 0 Å². The average Bonchev–Trinajstić information content (AvgIpc) is 2.41. The normalized spacial score (nSPS) is 10.6. The van der Waals surface area contributed by atoms with Crippen LogP contribution < -0.4 is 4.90 Å². The van der Waals surface area contributed by atoms with Crippen molar-refractivity contribution in [3.63, 3.8) is 0 Å². The van der Waals surface area contributed by atoms with Gasteiger partial charge in [-0.15, -0.1) is 0 Å². The summed E-state index contributed by atoms with van der Waals surface area (Å²) < 4.78 is 0. The van der Waals surface area contributed by atoms with Crippen molar-refractivity contribution in [3.05, 3.63) is 29.8 Å². The van der Waals surface area contributed by atoms with Crippen LogP contribution in [0.5, 0.6) is 0 Å². The second kappa shape index (κ2) is 9.02. The molecule has 1 heteroatoms. The van der Waals surface area contributed by atoms with E-state index in [-0.39, 0.29) is 0 Å². The summed E-state index contributed by atoms with van der Waals surface area (Å²) in [7, 11) is 2.20. The quantitative estimate of drug-likeness (QED) is 0.552. The highest BCUT2D eigenvalue weighted by molar-refractivity contribution is 5.46. The Kier molecular flexibility index (Phi) is 7.55. The molecule has 1 aromatic carbocycles.